The lowest BCUT2D eigenvalue weighted by Gasteiger charge is -2.32. The van der Waals surface area contributed by atoms with E-state index >= 15 is 0 Å². The van der Waals surface area contributed by atoms with Crippen LogP contribution in [0.5, 0.6) is 0 Å². The molecule has 6 rings (SSSR count). The van der Waals surface area contributed by atoms with Gasteiger partial charge in [-0.15, -0.1) is 10.2 Å². The summed E-state index contributed by atoms with van der Waals surface area (Å²) in [5.74, 6) is 0. The lowest BCUT2D eigenvalue weighted by Crippen LogP contribution is -2.51. The number of anilines is 2. The molecule has 11 heteroatoms. The van der Waals surface area contributed by atoms with Gasteiger partial charge in [-0.3, -0.25) is 4.98 Å². The van der Waals surface area contributed by atoms with Crippen LogP contribution >= 0.6 is 11.3 Å². The van der Waals surface area contributed by atoms with Gasteiger partial charge in [-0.2, -0.15) is 15.6 Å². The molecule has 2 aliphatic heterocycles. The highest BCUT2D eigenvalue weighted by molar-refractivity contribution is 7.18. The van der Waals surface area contributed by atoms with Crippen molar-refractivity contribution < 1.29 is 0 Å². The standard InChI is InChI=1S/C23H20N10S/c24-5-6-26-19-8-20(21-4-3-17-7-14(9-25)10-28-33(17)21)27-11-18(19)22-30-31-23(34-22)32-12-15-1-2-16(13-32)29-15/h3-4,7-8,10-11,15-16,29H,1-2,6,12-13H2,(H,26,27)/t15-,16+. The van der Waals surface area contributed by atoms with E-state index in [1.54, 1.807) is 28.1 Å². The fourth-order valence-corrected chi connectivity index (χ4v) is 5.59. The predicted octanol–water partition coefficient (Wildman–Crippen LogP) is 2.66. The molecular weight excluding hydrogens is 448 g/mol. The lowest BCUT2D eigenvalue weighted by atomic mass is 10.2. The summed E-state index contributed by atoms with van der Waals surface area (Å²) in [6.45, 7) is 2.05. The summed E-state index contributed by atoms with van der Waals surface area (Å²) < 4.78 is 1.75. The van der Waals surface area contributed by atoms with Gasteiger partial charge in [-0.05, 0) is 37.1 Å². The molecule has 4 aromatic rings. The fraction of sp³-hybridized carbons (Fsp3) is 0.304. The Labute approximate surface area is 199 Å². The maximum absolute atomic E-state index is 9.16. The molecule has 4 aromatic heterocycles. The third-order valence-electron chi connectivity index (χ3n) is 6.29. The van der Waals surface area contributed by atoms with Crippen molar-refractivity contribution >= 4 is 27.7 Å². The van der Waals surface area contributed by atoms with Crippen molar-refractivity contribution in [3.05, 3.63) is 42.2 Å². The Morgan fingerprint density at radius 1 is 1.12 bits per heavy atom. The Morgan fingerprint density at radius 3 is 2.76 bits per heavy atom. The minimum atomic E-state index is 0.155. The van der Waals surface area contributed by atoms with E-state index < -0.39 is 0 Å². The van der Waals surface area contributed by atoms with Crippen LogP contribution in [0.4, 0.5) is 10.8 Å². The van der Waals surface area contributed by atoms with E-state index in [1.807, 2.05) is 18.2 Å². The fourth-order valence-electron chi connectivity index (χ4n) is 4.71. The van der Waals surface area contributed by atoms with Gasteiger partial charge in [-0.25, -0.2) is 4.52 Å². The second-order valence-electron chi connectivity index (χ2n) is 8.47. The minimum absolute atomic E-state index is 0.155. The molecule has 0 saturated carbocycles. The quantitative estimate of drug-likeness (QED) is 0.424. The van der Waals surface area contributed by atoms with Crippen LogP contribution in [-0.4, -0.2) is 56.5 Å². The van der Waals surface area contributed by atoms with E-state index in [9.17, 15) is 0 Å². The molecule has 2 saturated heterocycles. The molecule has 2 aliphatic rings. The smallest absolute Gasteiger partial charge is 0.208 e. The Hall–Kier alpha value is -4.06. The molecule has 2 fully saturated rings. The SMILES string of the molecule is N#CCNc1cc(-c2ccc3cc(C#N)cnn23)ncc1-c1nnc(N2C[C@H]3CC[C@@H](C2)N3)s1. The summed E-state index contributed by atoms with van der Waals surface area (Å²) in [5, 5.41) is 40.1. The molecule has 2 N–H and O–H groups in total. The molecule has 0 spiro atoms. The first-order valence-corrected chi connectivity index (χ1v) is 11.9. The molecule has 2 atom stereocenters. The molecule has 0 aliphatic carbocycles. The number of nitrogens with one attached hydrogen (secondary N) is 2. The van der Waals surface area contributed by atoms with Crippen LogP contribution < -0.4 is 15.5 Å². The zero-order chi connectivity index (χ0) is 23.1. The summed E-state index contributed by atoms with van der Waals surface area (Å²) in [4.78, 5) is 7.00. The Balaban J connectivity index is 1.35. The molecule has 0 amide bonds. The third-order valence-corrected chi connectivity index (χ3v) is 7.30. The molecule has 34 heavy (non-hydrogen) atoms. The van der Waals surface area contributed by atoms with Crippen LogP contribution in [0.2, 0.25) is 0 Å². The van der Waals surface area contributed by atoms with E-state index in [0.29, 0.717) is 23.3 Å². The molecule has 10 nitrogen and oxygen atoms in total. The molecule has 0 aromatic carbocycles. The second kappa shape index (κ2) is 8.37. The highest BCUT2D eigenvalue weighted by atomic mass is 32.1. The summed E-state index contributed by atoms with van der Waals surface area (Å²) in [6.07, 6.45) is 5.72. The van der Waals surface area contributed by atoms with E-state index in [2.05, 4.69) is 48.0 Å². The van der Waals surface area contributed by atoms with Gasteiger partial charge < -0.3 is 15.5 Å². The van der Waals surface area contributed by atoms with Crippen molar-refractivity contribution in [2.24, 2.45) is 0 Å². The zero-order valence-electron chi connectivity index (χ0n) is 18.1. The lowest BCUT2D eigenvalue weighted by molar-refractivity contribution is 0.465. The monoisotopic (exact) mass is 468 g/mol. The maximum Gasteiger partial charge on any atom is 0.208 e. The number of piperazine rings is 1. The first kappa shape index (κ1) is 20.5. The number of aromatic nitrogens is 5. The topological polar surface area (TPSA) is 131 Å². The van der Waals surface area contributed by atoms with Crippen molar-refractivity contribution in [2.45, 2.75) is 24.9 Å². The summed E-state index contributed by atoms with van der Waals surface area (Å²) in [5.41, 5.74) is 4.37. The van der Waals surface area contributed by atoms with Crippen LogP contribution in [0.3, 0.4) is 0 Å². The highest BCUT2D eigenvalue weighted by Gasteiger charge is 2.33. The number of hydrogen-bond acceptors (Lipinski definition) is 10. The number of rotatable bonds is 5. The largest absolute Gasteiger partial charge is 0.372 e. The van der Waals surface area contributed by atoms with Crippen LogP contribution in [0.15, 0.2) is 36.7 Å². The van der Waals surface area contributed by atoms with E-state index in [0.717, 1.165) is 45.7 Å². The number of nitrogens with zero attached hydrogens (tertiary/aromatic N) is 8. The first-order chi connectivity index (χ1) is 16.7. The summed E-state index contributed by atoms with van der Waals surface area (Å²) >= 11 is 1.55. The van der Waals surface area contributed by atoms with Gasteiger partial charge in [0.15, 0.2) is 5.01 Å². The van der Waals surface area contributed by atoms with Gasteiger partial charge in [0.1, 0.15) is 12.6 Å². The van der Waals surface area contributed by atoms with Gasteiger partial charge >= 0.3 is 0 Å². The molecule has 0 unspecified atom stereocenters. The van der Waals surface area contributed by atoms with Gasteiger partial charge in [0, 0.05) is 37.1 Å². The van der Waals surface area contributed by atoms with Gasteiger partial charge in [0.05, 0.1) is 40.3 Å². The van der Waals surface area contributed by atoms with Gasteiger partial charge in [0.25, 0.3) is 0 Å². The number of nitriles is 2. The van der Waals surface area contributed by atoms with Crippen molar-refractivity contribution in [1.29, 1.82) is 10.5 Å². The van der Waals surface area contributed by atoms with Crippen molar-refractivity contribution in [3.63, 3.8) is 0 Å². The van der Waals surface area contributed by atoms with Crippen LogP contribution in [0, 0.1) is 22.7 Å². The van der Waals surface area contributed by atoms with Gasteiger partial charge in [0.2, 0.25) is 5.13 Å². The van der Waals surface area contributed by atoms with Crippen molar-refractivity contribution in [3.8, 4) is 34.1 Å². The molecule has 2 bridgehead atoms. The Kier molecular flexibility index (Phi) is 5.06. The second-order valence-corrected chi connectivity index (χ2v) is 9.43. The number of pyridine rings is 1. The van der Waals surface area contributed by atoms with Crippen molar-refractivity contribution in [1.82, 2.24) is 30.1 Å². The molecular formula is C23H20N10S. The maximum atomic E-state index is 9.16. The van der Waals surface area contributed by atoms with E-state index in [4.69, 9.17) is 10.5 Å². The van der Waals surface area contributed by atoms with Crippen LogP contribution in [0.25, 0.3) is 27.5 Å². The summed E-state index contributed by atoms with van der Waals surface area (Å²) in [7, 11) is 0. The zero-order valence-corrected chi connectivity index (χ0v) is 19.0. The van der Waals surface area contributed by atoms with E-state index in [1.165, 1.54) is 19.0 Å². The Bertz CT molecular complexity index is 1450. The first-order valence-electron chi connectivity index (χ1n) is 11.1. The Morgan fingerprint density at radius 2 is 1.97 bits per heavy atom. The average Bonchev–Trinajstić information content (AvgIpc) is 3.60. The minimum Gasteiger partial charge on any atom is -0.372 e. The normalized spacial score (nSPS) is 19.2. The highest BCUT2D eigenvalue weighted by Crippen LogP contribution is 2.36. The molecule has 0 radical (unpaired) electrons. The number of fused-ring (bicyclic) bond motifs is 3. The summed E-state index contributed by atoms with van der Waals surface area (Å²) in [6, 6.07) is 12.8. The third kappa shape index (κ3) is 3.61. The van der Waals surface area contributed by atoms with Gasteiger partial charge in [-0.1, -0.05) is 11.3 Å². The predicted molar refractivity (Wildman–Crippen MR) is 128 cm³/mol. The number of hydrogen-bond donors (Lipinski definition) is 2. The molecule has 168 valence electrons. The van der Waals surface area contributed by atoms with Crippen LogP contribution in [0.1, 0.15) is 18.4 Å². The van der Waals surface area contributed by atoms with E-state index in [-0.39, 0.29) is 6.54 Å². The average molecular weight is 469 g/mol. The van der Waals surface area contributed by atoms with Crippen molar-refractivity contribution in [2.75, 3.05) is 29.9 Å². The van der Waals surface area contributed by atoms with Crippen LogP contribution in [-0.2, 0) is 0 Å². The molecule has 6 heterocycles.